The fourth-order valence-electron chi connectivity index (χ4n) is 3.45. The van der Waals surface area contributed by atoms with Crippen molar-refractivity contribution in [1.82, 2.24) is 15.0 Å². The molecule has 32 heavy (non-hydrogen) atoms. The molecule has 1 fully saturated rings. The van der Waals surface area contributed by atoms with Crippen LogP contribution in [0.4, 0.5) is 19.0 Å². The Hall–Kier alpha value is -3.27. The summed E-state index contributed by atoms with van der Waals surface area (Å²) in [5, 5.41) is 8.24. The molecule has 170 valence electrons. The number of nitrogens with two attached hydrogens (primary N) is 1. The fraction of sp³-hybridized carbons (Fsp3) is 0.364. The number of alkyl halides is 3. The number of carboxylic acids is 1. The van der Waals surface area contributed by atoms with Gasteiger partial charge in [-0.3, -0.25) is 4.98 Å². The topological polar surface area (TPSA) is 105 Å². The number of hydrogen-bond donors (Lipinski definition) is 2. The number of carbonyl (C=O) groups is 1. The van der Waals surface area contributed by atoms with Crippen molar-refractivity contribution in [3.05, 3.63) is 47.8 Å². The van der Waals surface area contributed by atoms with Crippen LogP contribution in [0.15, 0.2) is 36.7 Å². The molecule has 3 aromatic rings. The van der Waals surface area contributed by atoms with Gasteiger partial charge in [0.15, 0.2) is 5.82 Å². The van der Waals surface area contributed by atoms with Gasteiger partial charge in [-0.1, -0.05) is 12.1 Å². The van der Waals surface area contributed by atoms with Gasteiger partial charge in [-0.2, -0.15) is 13.2 Å². The van der Waals surface area contributed by atoms with Gasteiger partial charge < -0.3 is 15.7 Å². The zero-order chi connectivity index (χ0) is 23.5. The summed E-state index contributed by atoms with van der Waals surface area (Å²) < 4.78 is 31.7. The number of pyridine rings is 1. The smallest absolute Gasteiger partial charge is 0.475 e. The lowest BCUT2D eigenvalue weighted by Gasteiger charge is -2.31. The largest absolute Gasteiger partial charge is 0.490 e. The summed E-state index contributed by atoms with van der Waals surface area (Å²) >= 11 is 0. The average Bonchev–Trinajstić information content (AvgIpc) is 2.76. The second kappa shape index (κ2) is 9.47. The molecule has 2 aromatic heterocycles. The summed E-state index contributed by atoms with van der Waals surface area (Å²) in [6.07, 6.45) is 0.802. The molecule has 1 aliphatic heterocycles. The van der Waals surface area contributed by atoms with Crippen LogP contribution in [-0.4, -0.2) is 51.3 Å². The number of aryl methyl sites for hydroxylation is 2. The zero-order valence-electron chi connectivity index (χ0n) is 17.7. The summed E-state index contributed by atoms with van der Waals surface area (Å²) in [5.74, 6) is -1.10. The Kier molecular flexibility index (Phi) is 6.93. The molecular formula is C22H24F3N5O2. The van der Waals surface area contributed by atoms with E-state index in [2.05, 4.69) is 46.9 Å². The van der Waals surface area contributed by atoms with Crippen LogP contribution in [0.2, 0.25) is 0 Å². The number of fused-ring (bicyclic) bond motifs is 1. The third-order valence-corrected chi connectivity index (χ3v) is 5.30. The predicted molar refractivity (Wildman–Crippen MR) is 115 cm³/mol. The number of rotatable bonds is 2. The second-order valence-corrected chi connectivity index (χ2v) is 7.69. The van der Waals surface area contributed by atoms with E-state index < -0.39 is 12.1 Å². The lowest BCUT2D eigenvalue weighted by molar-refractivity contribution is -0.192. The number of halogens is 3. The Morgan fingerprint density at radius 2 is 1.94 bits per heavy atom. The molecule has 7 nitrogen and oxygen atoms in total. The standard InChI is InChI=1S/C20H23N5.C2HF3O2/c1-13-5-6-15-10-16(11-23-19(15)14(13)2)20-22-8-7-18(24-20)25-9-3-4-17(21)12-25;3-2(4,5)1(6)7/h5-8,10-11,17H,3-4,9,12,21H2,1-2H3;(H,6,7). The lowest BCUT2D eigenvalue weighted by Crippen LogP contribution is -2.43. The van der Waals surface area contributed by atoms with Crippen LogP contribution in [-0.2, 0) is 4.79 Å². The van der Waals surface area contributed by atoms with Crippen LogP contribution >= 0.6 is 0 Å². The number of aliphatic carboxylic acids is 1. The van der Waals surface area contributed by atoms with Crippen molar-refractivity contribution in [2.24, 2.45) is 5.73 Å². The summed E-state index contributed by atoms with van der Waals surface area (Å²) in [6.45, 7) is 6.07. The number of benzene rings is 1. The number of aromatic nitrogens is 3. The molecule has 3 N–H and O–H groups in total. The average molecular weight is 447 g/mol. The van der Waals surface area contributed by atoms with Gasteiger partial charge in [-0.25, -0.2) is 14.8 Å². The van der Waals surface area contributed by atoms with E-state index in [0.29, 0.717) is 5.82 Å². The Morgan fingerprint density at radius 1 is 1.22 bits per heavy atom. The first-order valence-corrected chi connectivity index (χ1v) is 10.1. The van der Waals surface area contributed by atoms with E-state index in [1.54, 1.807) is 0 Å². The first kappa shape index (κ1) is 23.4. The van der Waals surface area contributed by atoms with E-state index >= 15 is 0 Å². The second-order valence-electron chi connectivity index (χ2n) is 7.69. The fourth-order valence-corrected chi connectivity index (χ4v) is 3.45. The van der Waals surface area contributed by atoms with E-state index in [0.717, 1.165) is 48.2 Å². The number of nitrogens with zero attached hydrogens (tertiary/aromatic N) is 4. The molecule has 0 radical (unpaired) electrons. The van der Waals surface area contributed by atoms with Gasteiger partial charge in [0.05, 0.1) is 5.52 Å². The Balaban J connectivity index is 0.000000360. The Bertz CT molecular complexity index is 1120. The summed E-state index contributed by atoms with van der Waals surface area (Å²) in [4.78, 5) is 25.0. The molecule has 1 aromatic carbocycles. The Labute approximate surface area is 183 Å². The van der Waals surface area contributed by atoms with Crippen LogP contribution < -0.4 is 10.6 Å². The van der Waals surface area contributed by atoms with Crippen molar-refractivity contribution in [1.29, 1.82) is 0 Å². The molecule has 0 spiro atoms. The Morgan fingerprint density at radius 3 is 2.59 bits per heavy atom. The maximum atomic E-state index is 10.6. The van der Waals surface area contributed by atoms with Crippen molar-refractivity contribution in [2.75, 3.05) is 18.0 Å². The molecule has 1 saturated heterocycles. The van der Waals surface area contributed by atoms with Gasteiger partial charge in [0.2, 0.25) is 0 Å². The molecular weight excluding hydrogens is 423 g/mol. The van der Waals surface area contributed by atoms with Crippen molar-refractivity contribution >= 4 is 22.7 Å². The minimum atomic E-state index is -5.08. The summed E-state index contributed by atoms with van der Waals surface area (Å²) in [5.41, 5.74) is 10.6. The third-order valence-electron chi connectivity index (χ3n) is 5.30. The van der Waals surface area contributed by atoms with Gasteiger partial charge in [-0.15, -0.1) is 0 Å². The molecule has 0 bridgehead atoms. The third kappa shape index (κ3) is 5.50. The van der Waals surface area contributed by atoms with Gasteiger partial charge >= 0.3 is 12.1 Å². The molecule has 1 aliphatic rings. The quantitative estimate of drug-likeness (QED) is 0.614. The molecule has 0 amide bonds. The van der Waals surface area contributed by atoms with Crippen molar-refractivity contribution < 1.29 is 23.1 Å². The first-order chi connectivity index (χ1) is 15.1. The number of piperidine rings is 1. The molecule has 3 heterocycles. The molecule has 4 rings (SSSR count). The minimum absolute atomic E-state index is 0.223. The zero-order valence-corrected chi connectivity index (χ0v) is 17.7. The van der Waals surface area contributed by atoms with Gasteiger partial charge in [-0.05, 0) is 49.9 Å². The van der Waals surface area contributed by atoms with Crippen molar-refractivity contribution in [2.45, 2.75) is 38.9 Å². The first-order valence-electron chi connectivity index (χ1n) is 10.1. The number of hydrogen-bond acceptors (Lipinski definition) is 6. The predicted octanol–water partition coefficient (Wildman–Crippen LogP) is 3.87. The number of anilines is 1. The molecule has 1 unspecified atom stereocenters. The highest BCUT2D eigenvalue weighted by Gasteiger charge is 2.38. The molecule has 10 heteroatoms. The lowest BCUT2D eigenvalue weighted by atomic mass is 10.0. The van der Waals surface area contributed by atoms with Crippen LogP contribution in [0.25, 0.3) is 22.3 Å². The van der Waals surface area contributed by atoms with Crippen LogP contribution in [0, 0.1) is 13.8 Å². The number of carboxylic acid groups (broad SMARTS) is 1. The highest BCUT2D eigenvalue weighted by Crippen LogP contribution is 2.25. The van der Waals surface area contributed by atoms with Crippen LogP contribution in [0.5, 0.6) is 0 Å². The highest BCUT2D eigenvalue weighted by molar-refractivity contribution is 5.85. The molecule has 0 saturated carbocycles. The van der Waals surface area contributed by atoms with Crippen molar-refractivity contribution in [3.8, 4) is 11.4 Å². The molecule has 1 atom stereocenters. The summed E-state index contributed by atoms with van der Waals surface area (Å²) in [6, 6.07) is 8.55. The maximum absolute atomic E-state index is 10.6. The van der Waals surface area contributed by atoms with E-state index in [-0.39, 0.29) is 6.04 Å². The van der Waals surface area contributed by atoms with Crippen LogP contribution in [0.1, 0.15) is 24.0 Å². The highest BCUT2D eigenvalue weighted by atomic mass is 19.4. The van der Waals surface area contributed by atoms with Gasteiger partial charge in [0.25, 0.3) is 0 Å². The van der Waals surface area contributed by atoms with Gasteiger partial charge in [0, 0.05) is 42.5 Å². The minimum Gasteiger partial charge on any atom is -0.475 e. The normalized spacial score (nSPS) is 16.4. The van der Waals surface area contributed by atoms with Gasteiger partial charge in [0.1, 0.15) is 5.82 Å². The molecule has 0 aliphatic carbocycles. The monoisotopic (exact) mass is 447 g/mol. The maximum Gasteiger partial charge on any atom is 0.490 e. The van der Waals surface area contributed by atoms with Crippen molar-refractivity contribution in [3.63, 3.8) is 0 Å². The summed E-state index contributed by atoms with van der Waals surface area (Å²) in [7, 11) is 0. The van der Waals surface area contributed by atoms with E-state index in [1.807, 2.05) is 18.5 Å². The SMILES string of the molecule is Cc1ccc2cc(-c3nccc(N4CCCC(N)C4)n3)cnc2c1C.O=C(O)C(F)(F)F. The van der Waals surface area contributed by atoms with E-state index in [1.165, 1.54) is 11.1 Å². The van der Waals surface area contributed by atoms with E-state index in [9.17, 15) is 13.2 Å². The van der Waals surface area contributed by atoms with E-state index in [4.69, 9.17) is 20.6 Å². The van der Waals surface area contributed by atoms with Crippen LogP contribution in [0.3, 0.4) is 0 Å².